The Kier molecular flexibility index (Phi) is 2.87. The van der Waals surface area contributed by atoms with Crippen LogP contribution in [0.5, 0.6) is 0 Å². The number of rotatable bonds is 3. The highest BCUT2D eigenvalue weighted by Crippen LogP contribution is 2.63. The van der Waals surface area contributed by atoms with Gasteiger partial charge in [-0.2, -0.15) is 0 Å². The number of hydrogen-bond donors (Lipinski definition) is 1. The maximum absolute atomic E-state index is 12.7. The van der Waals surface area contributed by atoms with Gasteiger partial charge in [-0.1, -0.05) is 20.8 Å². The van der Waals surface area contributed by atoms with Gasteiger partial charge in [-0.15, -0.1) is 0 Å². The monoisotopic (exact) mass is 288 g/mol. The fourth-order valence-corrected chi connectivity index (χ4v) is 4.11. The third-order valence-electron chi connectivity index (χ3n) is 5.93. The number of carbonyl (C=O) groups is 1. The number of hydrogen-bond acceptors (Lipinski definition) is 4. The van der Waals surface area contributed by atoms with E-state index >= 15 is 0 Å². The Bertz CT molecular complexity index is 608. The lowest BCUT2D eigenvalue weighted by Crippen LogP contribution is -2.38. The van der Waals surface area contributed by atoms with Gasteiger partial charge in [-0.3, -0.25) is 14.9 Å². The number of anilines is 1. The van der Waals surface area contributed by atoms with Crippen molar-refractivity contribution in [3.05, 3.63) is 34.4 Å². The minimum absolute atomic E-state index is 0.00251. The van der Waals surface area contributed by atoms with Crippen LogP contribution in [0.2, 0.25) is 0 Å². The van der Waals surface area contributed by atoms with E-state index in [1.807, 2.05) is 0 Å². The van der Waals surface area contributed by atoms with E-state index in [0.29, 0.717) is 5.92 Å². The molecular weight excluding hydrogens is 268 g/mol. The summed E-state index contributed by atoms with van der Waals surface area (Å²) in [6, 6.07) is 6.10. The normalized spacial score (nSPS) is 33.2. The standard InChI is InChI=1S/C16H20N2O3/c1-15(2)12-8-9-16(15,3)14(19)13(12)17-10-4-6-11(7-5-10)18(20)21/h4-7,12-13,17H,8-9H2,1-3H3. The maximum Gasteiger partial charge on any atom is 0.269 e. The Hall–Kier alpha value is -1.91. The number of carbonyl (C=O) groups excluding carboxylic acids is 1. The van der Waals surface area contributed by atoms with Crippen LogP contribution in [0.1, 0.15) is 33.6 Å². The van der Waals surface area contributed by atoms with E-state index in [2.05, 4.69) is 26.1 Å². The predicted molar refractivity (Wildman–Crippen MR) is 80.1 cm³/mol. The molecule has 2 aliphatic carbocycles. The lowest BCUT2D eigenvalue weighted by atomic mass is 9.70. The highest BCUT2D eigenvalue weighted by molar-refractivity contribution is 5.96. The molecule has 1 N–H and O–H groups in total. The molecule has 5 nitrogen and oxygen atoms in total. The zero-order valence-electron chi connectivity index (χ0n) is 12.6. The number of Topliss-reactive ketones (excluding diaryl/α,β-unsaturated/α-hetero) is 1. The van der Waals surface area contributed by atoms with Gasteiger partial charge >= 0.3 is 0 Å². The Morgan fingerprint density at radius 3 is 2.33 bits per heavy atom. The Morgan fingerprint density at radius 2 is 1.86 bits per heavy atom. The van der Waals surface area contributed by atoms with Crippen molar-refractivity contribution in [1.29, 1.82) is 0 Å². The molecule has 1 aromatic carbocycles. The van der Waals surface area contributed by atoms with E-state index < -0.39 is 4.92 Å². The molecule has 3 atom stereocenters. The van der Waals surface area contributed by atoms with Crippen molar-refractivity contribution in [2.45, 2.75) is 39.7 Å². The van der Waals surface area contributed by atoms with Crippen molar-refractivity contribution in [2.24, 2.45) is 16.7 Å². The number of nitro groups is 1. The van der Waals surface area contributed by atoms with E-state index in [1.165, 1.54) is 12.1 Å². The topological polar surface area (TPSA) is 72.2 Å². The number of non-ortho nitro benzene ring substituents is 1. The largest absolute Gasteiger partial charge is 0.375 e. The predicted octanol–water partition coefficient (Wildman–Crippen LogP) is 3.40. The van der Waals surface area contributed by atoms with Crippen LogP contribution < -0.4 is 5.32 Å². The average molecular weight is 288 g/mol. The van der Waals surface area contributed by atoms with Crippen LogP contribution in [0.3, 0.4) is 0 Å². The first-order valence-corrected chi connectivity index (χ1v) is 7.33. The van der Waals surface area contributed by atoms with E-state index in [-0.39, 0.29) is 28.3 Å². The quantitative estimate of drug-likeness (QED) is 0.683. The summed E-state index contributed by atoms with van der Waals surface area (Å²) in [6.07, 6.45) is 2.02. The fourth-order valence-electron chi connectivity index (χ4n) is 4.11. The number of fused-ring (bicyclic) bond motifs is 2. The van der Waals surface area contributed by atoms with Gasteiger partial charge in [0.05, 0.1) is 11.0 Å². The first-order valence-electron chi connectivity index (χ1n) is 7.33. The van der Waals surface area contributed by atoms with E-state index in [4.69, 9.17) is 0 Å². The molecular formula is C16H20N2O3. The molecule has 0 spiro atoms. The molecule has 0 heterocycles. The van der Waals surface area contributed by atoms with E-state index in [0.717, 1.165) is 18.5 Å². The van der Waals surface area contributed by atoms with E-state index in [9.17, 15) is 14.9 Å². The second kappa shape index (κ2) is 4.29. The van der Waals surface area contributed by atoms with Crippen LogP contribution in [0.15, 0.2) is 24.3 Å². The second-order valence-electron chi connectivity index (χ2n) is 6.99. The van der Waals surface area contributed by atoms with Crippen LogP contribution in [-0.2, 0) is 4.79 Å². The van der Waals surface area contributed by atoms with Gasteiger partial charge in [-0.05, 0) is 36.3 Å². The van der Waals surface area contributed by atoms with Gasteiger partial charge in [-0.25, -0.2) is 0 Å². The van der Waals surface area contributed by atoms with Gasteiger partial charge in [0.25, 0.3) is 5.69 Å². The summed E-state index contributed by atoms with van der Waals surface area (Å²) in [5.41, 5.74) is 0.580. The van der Waals surface area contributed by atoms with Crippen LogP contribution >= 0.6 is 0 Å². The molecule has 112 valence electrons. The molecule has 2 saturated carbocycles. The van der Waals surface area contributed by atoms with Crippen molar-refractivity contribution in [3.8, 4) is 0 Å². The van der Waals surface area contributed by atoms with Gasteiger partial charge in [0.1, 0.15) is 0 Å². The van der Waals surface area contributed by atoms with Crippen molar-refractivity contribution in [1.82, 2.24) is 0 Å². The molecule has 5 heteroatoms. The second-order valence-corrected chi connectivity index (χ2v) is 6.99. The summed E-state index contributed by atoms with van der Waals surface area (Å²) >= 11 is 0. The van der Waals surface area contributed by atoms with Crippen LogP contribution in [0, 0.1) is 26.9 Å². The first-order chi connectivity index (χ1) is 9.77. The van der Waals surface area contributed by atoms with Crippen LogP contribution in [0.4, 0.5) is 11.4 Å². The summed E-state index contributed by atoms with van der Waals surface area (Å²) in [4.78, 5) is 23.0. The number of benzene rings is 1. The highest BCUT2D eigenvalue weighted by atomic mass is 16.6. The summed E-state index contributed by atoms with van der Waals surface area (Å²) in [5, 5.41) is 14.0. The number of nitrogens with one attached hydrogen (secondary N) is 1. The van der Waals surface area contributed by atoms with E-state index in [1.54, 1.807) is 12.1 Å². The van der Waals surface area contributed by atoms with Crippen molar-refractivity contribution < 1.29 is 9.72 Å². The summed E-state index contributed by atoms with van der Waals surface area (Å²) in [6.45, 7) is 6.44. The molecule has 0 radical (unpaired) electrons. The smallest absolute Gasteiger partial charge is 0.269 e. The van der Waals surface area contributed by atoms with Crippen LogP contribution in [0.25, 0.3) is 0 Å². The highest BCUT2D eigenvalue weighted by Gasteiger charge is 2.66. The maximum atomic E-state index is 12.7. The average Bonchev–Trinajstić information content (AvgIpc) is 2.74. The van der Waals surface area contributed by atoms with Gasteiger partial charge in [0.2, 0.25) is 0 Å². The molecule has 21 heavy (non-hydrogen) atoms. The van der Waals surface area contributed by atoms with Crippen molar-refractivity contribution in [3.63, 3.8) is 0 Å². The summed E-state index contributed by atoms with van der Waals surface area (Å²) < 4.78 is 0. The Labute approximate surface area is 123 Å². The summed E-state index contributed by atoms with van der Waals surface area (Å²) in [5.74, 6) is 0.604. The molecule has 3 unspecified atom stereocenters. The lowest BCUT2D eigenvalue weighted by Gasteiger charge is -2.32. The minimum Gasteiger partial charge on any atom is -0.375 e. The molecule has 1 aromatic rings. The molecule has 0 saturated heterocycles. The van der Waals surface area contributed by atoms with Gasteiger partial charge in [0, 0.05) is 23.2 Å². The fraction of sp³-hybridized carbons (Fsp3) is 0.562. The third kappa shape index (κ3) is 1.79. The molecule has 2 bridgehead atoms. The number of nitro benzene ring substituents is 1. The Balaban J connectivity index is 1.83. The molecule has 2 aliphatic rings. The van der Waals surface area contributed by atoms with Crippen LogP contribution in [-0.4, -0.2) is 16.7 Å². The zero-order chi connectivity index (χ0) is 15.4. The minimum atomic E-state index is -0.420. The van der Waals surface area contributed by atoms with Crippen molar-refractivity contribution >= 4 is 17.2 Å². The molecule has 3 rings (SSSR count). The SMILES string of the molecule is CC12CCC(C(Nc3ccc([N+](=O)[O-])cc3)C1=O)C2(C)C. The molecule has 0 aromatic heterocycles. The van der Waals surface area contributed by atoms with Gasteiger partial charge in [0.15, 0.2) is 5.78 Å². The van der Waals surface area contributed by atoms with Gasteiger partial charge < -0.3 is 5.32 Å². The van der Waals surface area contributed by atoms with Crippen molar-refractivity contribution in [2.75, 3.05) is 5.32 Å². The zero-order valence-corrected chi connectivity index (χ0v) is 12.6. The summed E-state index contributed by atoms with van der Waals surface area (Å²) in [7, 11) is 0. The lowest BCUT2D eigenvalue weighted by molar-refractivity contribution is -0.384. The first kappa shape index (κ1) is 14.0. The third-order valence-corrected chi connectivity index (χ3v) is 5.93. The number of ketones is 1. The number of nitrogens with zero attached hydrogens (tertiary/aromatic N) is 1. The molecule has 2 fully saturated rings. The Morgan fingerprint density at radius 1 is 1.24 bits per heavy atom. The molecule has 0 aliphatic heterocycles. The molecule has 0 amide bonds.